The molecule has 4 rings (SSSR count). The van der Waals surface area contributed by atoms with Crippen molar-refractivity contribution in [2.45, 2.75) is 31.9 Å². The first-order chi connectivity index (χ1) is 14.0. The topological polar surface area (TPSA) is 88.0 Å². The van der Waals surface area contributed by atoms with Crippen LogP contribution < -0.4 is 16.2 Å². The van der Waals surface area contributed by atoms with Gasteiger partial charge in [0.05, 0.1) is 23.3 Å². The van der Waals surface area contributed by atoms with E-state index in [9.17, 15) is 27.9 Å². The van der Waals surface area contributed by atoms with Crippen molar-refractivity contribution in [1.82, 2.24) is 4.40 Å². The molecule has 0 bridgehead atoms. The zero-order chi connectivity index (χ0) is 22.0. The Kier molecular flexibility index (Phi) is 4.80. The molecule has 2 aromatic heterocycles. The molecule has 1 saturated carbocycles. The molecule has 0 amide bonds. The number of carbonyl (C=O) groups is 1. The number of alkyl halides is 3. The normalized spacial score (nSPS) is 22.1. The molecule has 6 nitrogen and oxygen atoms in total. The quantitative estimate of drug-likeness (QED) is 0.733. The van der Waals surface area contributed by atoms with Crippen molar-refractivity contribution in [2.24, 2.45) is 17.6 Å². The first-order valence-electron chi connectivity index (χ1n) is 9.68. The minimum absolute atomic E-state index is 0.00424. The van der Waals surface area contributed by atoms with Crippen LogP contribution in [0.3, 0.4) is 0 Å². The summed E-state index contributed by atoms with van der Waals surface area (Å²) in [6, 6.07) is 1.32. The fourth-order valence-corrected chi connectivity index (χ4v) is 4.55. The maximum atomic E-state index is 15.1. The highest BCUT2D eigenvalue weighted by atomic mass is 19.4. The fraction of sp³-hybridized carbons (Fsp3) is 0.500. The molecule has 2 atom stereocenters. The number of aromatic carboxylic acids is 1. The summed E-state index contributed by atoms with van der Waals surface area (Å²) in [7, 11) is 0. The zero-order valence-electron chi connectivity index (χ0n) is 16.2. The summed E-state index contributed by atoms with van der Waals surface area (Å²) in [5.41, 5.74) is 5.51. The zero-order valence-corrected chi connectivity index (χ0v) is 16.2. The molecule has 30 heavy (non-hydrogen) atoms. The van der Waals surface area contributed by atoms with E-state index in [-0.39, 0.29) is 24.7 Å². The minimum atomic E-state index is -4.45. The molecule has 0 spiro atoms. The van der Waals surface area contributed by atoms with E-state index in [2.05, 4.69) is 0 Å². The van der Waals surface area contributed by atoms with Crippen LogP contribution in [-0.2, 0) is 0 Å². The third kappa shape index (κ3) is 3.23. The number of aryl methyl sites for hydroxylation is 1. The van der Waals surface area contributed by atoms with Crippen molar-refractivity contribution in [3.63, 3.8) is 0 Å². The Hall–Kier alpha value is -2.62. The van der Waals surface area contributed by atoms with Gasteiger partial charge in [-0.2, -0.15) is 13.2 Å². The maximum Gasteiger partial charge on any atom is 0.393 e. The number of hydrogen-bond donors (Lipinski definition) is 2. The first-order valence-corrected chi connectivity index (χ1v) is 9.68. The lowest BCUT2D eigenvalue weighted by molar-refractivity contribution is -0.178. The molecule has 1 aliphatic heterocycles. The molecular formula is C20H21F4N3O3. The summed E-state index contributed by atoms with van der Waals surface area (Å²) in [6.45, 7) is 0.905. The van der Waals surface area contributed by atoms with E-state index in [4.69, 9.17) is 5.73 Å². The van der Waals surface area contributed by atoms with Crippen LogP contribution in [0.25, 0.3) is 5.52 Å². The molecular weight excluding hydrogens is 406 g/mol. The number of carboxylic acid groups (broad SMARTS) is 1. The van der Waals surface area contributed by atoms with Crippen molar-refractivity contribution in [2.75, 3.05) is 24.5 Å². The highest BCUT2D eigenvalue weighted by Gasteiger charge is 2.49. The molecule has 2 aromatic rings. The number of nitrogens with zero attached hydrogens (tertiary/aromatic N) is 2. The van der Waals surface area contributed by atoms with Crippen molar-refractivity contribution in [3.05, 3.63) is 45.1 Å². The van der Waals surface area contributed by atoms with E-state index in [1.54, 1.807) is 6.92 Å². The van der Waals surface area contributed by atoms with E-state index in [0.29, 0.717) is 16.6 Å². The molecule has 2 unspecified atom stereocenters. The van der Waals surface area contributed by atoms with Crippen molar-refractivity contribution in [1.29, 1.82) is 0 Å². The SMILES string of the molecule is Cc1c(N2CC(CN)C(C(F)(F)F)C2)c(F)cn2c(=O)c(C(=O)O)cc(C3CC3)c12. The molecule has 0 radical (unpaired) electrons. The number of nitrogens with two attached hydrogens (primary N) is 1. The van der Waals surface area contributed by atoms with Gasteiger partial charge in [0, 0.05) is 19.0 Å². The van der Waals surface area contributed by atoms with Crippen LogP contribution >= 0.6 is 0 Å². The van der Waals surface area contributed by atoms with E-state index >= 15 is 4.39 Å². The highest BCUT2D eigenvalue weighted by Crippen LogP contribution is 2.45. The molecule has 2 aliphatic rings. The fourth-order valence-electron chi connectivity index (χ4n) is 4.55. The summed E-state index contributed by atoms with van der Waals surface area (Å²) < 4.78 is 56.3. The molecule has 1 aliphatic carbocycles. The minimum Gasteiger partial charge on any atom is -0.477 e. The van der Waals surface area contributed by atoms with Crippen LogP contribution in [0.4, 0.5) is 23.2 Å². The van der Waals surface area contributed by atoms with Crippen LogP contribution in [0, 0.1) is 24.6 Å². The Bertz CT molecular complexity index is 1090. The maximum absolute atomic E-state index is 15.1. The number of carboxylic acids is 1. The molecule has 3 heterocycles. The predicted octanol–water partition coefficient (Wildman–Crippen LogP) is 2.90. The lowest BCUT2D eigenvalue weighted by atomic mass is 9.96. The van der Waals surface area contributed by atoms with Crippen LogP contribution in [0.2, 0.25) is 0 Å². The number of halogens is 4. The monoisotopic (exact) mass is 427 g/mol. The van der Waals surface area contributed by atoms with Gasteiger partial charge in [0.2, 0.25) is 0 Å². The Morgan fingerprint density at radius 2 is 1.97 bits per heavy atom. The second-order valence-electron chi connectivity index (χ2n) is 8.12. The van der Waals surface area contributed by atoms with Gasteiger partial charge in [-0.15, -0.1) is 0 Å². The molecule has 162 valence electrons. The Morgan fingerprint density at radius 3 is 2.47 bits per heavy atom. The van der Waals surface area contributed by atoms with Gasteiger partial charge >= 0.3 is 12.1 Å². The van der Waals surface area contributed by atoms with E-state index in [1.165, 1.54) is 11.0 Å². The summed E-state index contributed by atoms with van der Waals surface area (Å²) in [4.78, 5) is 25.4. The van der Waals surface area contributed by atoms with E-state index < -0.39 is 47.5 Å². The first kappa shape index (κ1) is 20.6. The number of fused-ring (bicyclic) bond motifs is 1. The number of pyridine rings is 2. The Morgan fingerprint density at radius 1 is 1.30 bits per heavy atom. The van der Waals surface area contributed by atoms with Gasteiger partial charge in [-0.3, -0.25) is 9.20 Å². The van der Waals surface area contributed by atoms with Crippen LogP contribution in [-0.4, -0.2) is 41.3 Å². The van der Waals surface area contributed by atoms with Gasteiger partial charge in [-0.05, 0) is 49.4 Å². The average Bonchev–Trinajstić information content (AvgIpc) is 3.40. The van der Waals surface area contributed by atoms with Gasteiger partial charge in [0.1, 0.15) is 5.56 Å². The lowest BCUT2D eigenvalue weighted by Crippen LogP contribution is -2.33. The highest BCUT2D eigenvalue weighted by molar-refractivity contribution is 5.89. The summed E-state index contributed by atoms with van der Waals surface area (Å²) >= 11 is 0. The number of hydrogen-bond acceptors (Lipinski definition) is 4. The van der Waals surface area contributed by atoms with Gasteiger partial charge in [0.25, 0.3) is 5.56 Å². The molecule has 3 N–H and O–H groups in total. The van der Waals surface area contributed by atoms with Crippen LogP contribution in [0.15, 0.2) is 17.1 Å². The smallest absolute Gasteiger partial charge is 0.393 e. The van der Waals surface area contributed by atoms with Gasteiger partial charge in [-0.1, -0.05) is 0 Å². The molecule has 1 saturated heterocycles. The predicted molar refractivity (Wildman–Crippen MR) is 102 cm³/mol. The van der Waals surface area contributed by atoms with Crippen LogP contribution in [0.5, 0.6) is 0 Å². The standard InChI is InChI=1S/C20H21F4N3O3/c1-9-16-12(10-2-3-10)4-13(19(29)30)18(28)27(16)8-15(21)17(9)26-6-11(5-25)14(7-26)20(22,23)24/h4,8,10-11,14H,2-3,5-7,25H2,1H3,(H,29,30). The molecule has 2 fully saturated rings. The number of aromatic nitrogens is 1. The van der Waals surface area contributed by atoms with Gasteiger partial charge < -0.3 is 15.7 Å². The van der Waals surface area contributed by atoms with E-state index in [1.807, 2.05) is 0 Å². The third-order valence-corrected chi connectivity index (χ3v) is 6.17. The summed E-state index contributed by atoms with van der Waals surface area (Å²) in [5, 5.41) is 9.35. The largest absolute Gasteiger partial charge is 0.477 e. The van der Waals surface area contributed by atoms with E-state index in [0.717, 1.165) is 23.4 Å². The molecule has 10 heteroatoms. The van der Waals surface area contributed by atoms with Gasteiger partial charge in [-0.25, -0.2) is 9.18 Å². The second kappa shape index (κ2) is 6.97. The lowest BCUT2D eigenvalue weighted by Gasteiger charge is -2.24. The Labute approximate surface area is 168 Å². The van der Waals surface area contributed by atoms with Crippen molar-refractivity contribution < 1.29 is 27.5 Å². The van der Waals surface area contributed by atoms with Gasteiger partial charge in [0.15, 0.2) is 5.82 Å². The summed E-state index contributed by atoms with van der Waals surface area (Å²) in [5.74, 6) is -4.77. The third-order valence-electron chi connectivity index (χ3n) is 6.17. The summed E-state index contributed by atoms with van der Waals surface area (Å²) in [6.07, 6.45) is -1.97. The number of anilines is 1. The Balaban J connectivity index is 1.91. The van der Waals surface area contributed by atoms with Crippen LogP contribution in [0.1, 0.15) is 40.2 Å². The van der Waals surface area contributed by atoms with Crippen molar-refractivity contribution in [3.8, 4) is 0 Å². The average molecular weight is 427 g/mol. The number of rotatable bonds is 4. The second-order valence-corrected chi connectivity index (χ2v) is 8.12. The van der Waals surface area contributed by atoms with Crippen molar-refractivity contribution >= 4 is 17.2 Å². The molecule has 0 aromatic carbocycles.